The molecular weight excluding hydrogens is 401 g/mol. The Kier molecular flexibility index (Phi) is 8.64. The second kappa shape index (κ2) is 9.74. The quantitative estimate of drug-likeness (QED) is 0.792. The van der Waals surface area contributed by atoms with Crippen molar-refractivity contribution in [1.82, 2.24) is 9.88 Å². The minimum Gasteiger partial charge on any atom is -0.337 e. The average molecular weight is 423 g/mol. The Balaban J connectivity index is 0.00000156. The summed E-state index contributed by atoms with van der Waals surface area (Å²) in [4.78, 5) is 19.0. The predicted molar refractivity (Wildman–Crippen MR) is 109 cm³/mol. The number of piperidine rings is 1. The number of rotatable bonds is 3. The third-order valence-corrected chi connectivity index (χ3v) is 5.49. The molecule has 1 aliphatic heterocycles. The van der Waals surface area contributed by atoms with Crippen LogP contribution in [0, 0.1) is 5.92 Å². The molecule has 0 radical (unpaired) electrons. The number of nitrogens with zero attached hydrogens (tertiary/aromatic N) is 2. The molecule has 1 saturated heterocycles. The number of thiazole rings is 1. The Morgan fingerprint density at radius 2 is 2.04 bits per heavy atom. The highest BCUT2D eigenvalue weighted by Gasteiger charge is 2.26. The van der Waals surface area contributed by atoms with Crippen molar-refractivity contribution in [2.45, 2.75) is 25.8 Å². The Morgan fingerprint density at radius 3 is 2.64 bits per heavy atom. The first-order valence-electron chi connectivity index (χ1n) is 7.81. The van der Waals surface area contributed by atoms with Crippen LogP contribution in [0.2, 0.25) is 5.02 Å². The fourth-order valence-electron chi connectivity index (χ4n) is 2.92. The molecule has 1 aromatic carbocycles. The lowest BCUT2D eigenvalue weighted by Crippen LogP contribution is -2.42. The van der Waals surface area contributed by atoms with Gasteiger partial charge in [0.1, 0.15) is 10.7 Å². The molecular formula is C17H22Cl3N3OS. The molecule has 2 N–H and O–H groups in total. The van der Waals surface area contributed by atoms with E-state index in [0.29, 0.717) is 16.6 Å². The van der Waals surface area contributed by atoms with Gasteiger partial charge in [0.2, 0.25) is 0 Å². The standard InChI is InChI=1S/C17H20ClN3OS.2ClH/c1-11(19)12-5-7-21(8-6-12)17(22)15-10-23-16(20-15)13-3-2-4-14(18)9-13;;/h2-4,9-12H,5-8,19H2,1H3;2*1H. The van der Waals surface area contributed by atoms with E-state index in [4.69, 9.17) is 17.3 Å². The number of nitrogens with two attached hydrogens (primary N) is 1. The fraction of sp³-hybridized carbons (Fsp3) is 0.412. The van der Waals surface area contributed by atoms with Gasteiger partial charge in [0.25, 0.3) is 5.91 Å². The van der Waals surface area contributed by atoms with Crippen molar-refractivity contribution in [2.24, 2.45) is 11.7 Å². The van der Waals surface area contributed by atoms with Gasteiger partial charge in [-0.3, -0.25) is 4.79 Å². The summed E-state index contributed by atoms with van der Waals surface area (Å²) in [5.41, 5.74) is 7.41. The number of carbonyl (C=O) groups excluding carboxylic acids is 1. The Bertz CT molecular complexity index is 700. The first kappa shape index (κ1) is 22.2. The van der Waals surface area contributed by atoms with Crippen molar-refractivity contribution in [3.05, 3.63) is 40.4 Å². The van der Waals surface area contributed by atoms with E-state index < -0.39 is 0 Å². The van der Waals surface area contributed by atoms with Crippen LogP contribution in [0.3, 0.4) is 0 Å². The lowest BCUT2D eigenvalue weighted by Gasteiger charge is -2.33. The summed E-state index contributed by atoms with van der Waals surface area (Å²) in [5, 5.41) is 3.32. The highest BCUT2D eigenvalue weighted by Crippen LogP contribution is 2.27. The molecule has 2 aromatic rings. The van der Waals surface area contributed by atoms with Gasteiger partial charge < -0.3 is 10.6 Å². The van der Waals surface area contributed by atoms with Crippen molar-refractivity contribution in [1.29, 1.82) is 0 Å². The number of hydrogen-bond donors (Lipinski definition) is 1. The molecule has 25 heavy (non-hydrogen) atoms. The van der Waals surface area contributed by atoms with E-state index >= 15 is 0 Å². The summed E-state index contributed by atoms with van der Waals surface area (Å²) in [6, 6.07) is 7.73. The largest absolute Gasteiger partial charge is 0.337 e. The molecule has 1 unspecified atom stereocenters. The molecule has 1 aromatic heterocycles. The maximum Gasteiger partial charge on any atom is 0.273 e. The summed E-state index contributed by atoms with van der Waals surface area (Å²) < 4.78 is 0. The first-order chi connectivity index (χ1) is 11.0. The van der Waals surface area contributed by atoms with Gasteiger partial charge in [-0.25, -0.2) is 4.98 Å². The van der Waals surface area contributed by atoms with E-state index in [9.17, 15) is 4.79 Å². The third kappa shape index (κ3) is 5.31. The maximum atomic E-state index is 12.6. The van der Waals surface area contributed by atoms with Gasteiger partial charge in [-0.2, -0.15) is 0 Å². The SMILES string of the molecule is CC(N)C1CCN(C(=O)c2csc(-c3cccc(Cl)c3)n2)CC1.Cl.Cl. The monoisotopic (exact) mass is 421 g/mol. The molecule has 0 aliphatic carbocycles. The molecule has 0 saturated carbocycles. The second-order valence-corrected chi connectivity index (χ2v) is 7.33. The topological polar surface area (TPSA) is 59.2 Å². The van der Waals surface area contributed by atoms with Crippen LogP contribution in [-0.2, 0) is 0 Å². The van der Waals surface area contributed by atoms with Crippen molar-refractivity contribution in [2.75, 3.05) is 13.1 Å². The number of halogens is 3. The summed E-state index contributed by atoms with van der Waals surface area (Å²) in [5.74, 6) is 0.522. The van der Waals surface area contributed by atoms with E-state index in [1.54, 1.807) is 0 Å². The van der Waals surface area contributed by atoms with Crippen molar-refractivity contribution >= 4 is 53.7 Å². The third-order valence-electron chi connectivity index (χ3n) is 4.37. The molecule has 1 fully saturated rings. The maximum absolute atomic E-state index is 12.6. The first-order valence-corrected chi connectivity index (χ1v) is 9.06. The smallest absolute Gasteiger partial charge is 0.273 e. The van der Waals surface area contributed by atoms with Crippen LogP contribution in [-0.4, -0.2) is 34.9 Å². The summed E-state index contributed by atoms with van der Waals surface area (Å²) in [6.45, 7) is 3.56. The van der Waals surface area contributed by atoms with Gasteiger partial charge in [0.05, 0.1) is 0 Å². The molecule has 0 bridgehead atoms. The van der Waals surface area contributed by atoms with Crippen LogP contribution in [0.4, 0.5) is 0 Å². The van der Waals surface area contributed by atoms with Crippen molar-refractivity contribution < 1.29 is 4.79 Å². The highest BCUT2D eigenvalue weighted by atomic mass is 35.5. The Morgan fingerprint density at radius 1 is 1.36 bits per heavy atom. The lowest BCUT2D eigenvalue weighted by molar-refractivity contribution is 0.0676. The van der Waals surface area contributed by atoms with Gasteiger partial charge in [0, 0.05) is 35.1 Å². The zero-order valence-electron chi connectivity index (χ0n) is 13.9. The number of hydrogen-bond acceptors (Lipinski definition) is 4. The summed E-state index contributed by atoms with van der Waals surface area (Å²) in [6.07, 6.45) is 1.93. The molecule has 1 aliphatic rings. The minimum absolute atomic E-state index is 0. The number of amides is 1. The number of carbonyl (C=O) groups is 1. The fourth-order valence-corrected chi connectivity index (χ4v) is 3.90. The van der Waals surface area contributed by atoms with E-state index in [0.717, 1.165) is 36.5 Å². The van der Waals surface area contributed by atoms with Crippen molar-refractivity contribution in [3.8, 4) is 10.6 Å². The number of benzene rings is 1. The second-order valence-electron chi connectivity index (χ2n) is 6.04. The van der Waals surface area contributed by atoms with Crippen LogP contribution >= 0.6 is 47.8 Å². The van der Waals surface area contributed by atoms with E-state index in [-0.39, 0.29) is 36.8 Å². The van der Waals surface area contributed by atoms with Gasteiger partial charge in [0.15, 0.2) is 0 Å². The van der Waals surface area contributed by atoms with Crippen LogP contribution in [0.25, 0.3) is 10.6 Å². The Hall–Kier alpha value is -0.850. The van der Waals surface area contributed by atoms with Crippen LogP contribution in [0.1, 0.15) is 30.3 Å². The van der Waals surface area contributed by atoms with E-state index in [2.05, 4.69) is 4.98 Å². The molecule has 3 rings (SSSR count). The van der Waals surface area contributed by atoms with Crippen molar-refractivity contribution in [3.63, 3.8) is 0 Å². The average Bonchev–Trinajstić information content (AvgIpc) is 3.04. The molecule has 2 heterocycles. The molecule has 138 valence electrons. The van der Waals surface area contributed by atoms with Crippen LogP contribution in [0.15, 0.2) is 29.6 Å². The molecule has 0 spiro atoms. The number of likely N-dealkylation sites (tertiary alicyclic amines) is 1. The van der Waals surface area contributed by atoms with Gasteiger partial charge in [-0.05, 0) is 37.8 Å². The molecule has 8 heteroatoms. The summed E-state index contributed by atoms with van der Waals surface area (Å²) in [7, 11) is 0. The molecule has 4 nitrogen and oxygen atoms in total. The molecule has 1 atom stereocenters. The molecule has 1 amide bonds. The van der Waals surface area contributed by atoms with Crippen LogP contribution in [0.5, 0.6) is 0 Å². The predicted octanol–water partition coefficient (Wildman–Crippen LogP) is 4.51. The zero-order valence-corrected chi connectivity index (χ0v) is 17.1. The number of aromatic nitrogens is 1. The van der Waals surface area contributed by atoms with Gasteiger partial charge in [-0.1, -0.05) is 23.7 Å². The van der Waals surface area contributed by atoms with E-state index in [1.807, 2.05) is 41.5 Å². The normalized spacial score (nSPS) is 15.9. The van der Waals surface area contributed by atoms with Gasteiger partial charge in [-0.15, -0.1) is 36.2 Å². The lowest BCUT2D eigenvalue weighted by atomic mass is 9.91. The van der Waals surface area contributed by atoms with Crippen LogP contribution < -0.4 is 5.73 Å². The highest BCUT2D eigenvalue weighted by molar-refractivity contribution is 7.13. The summed E-state index contributed by atoms with van der Waals surface area (Å²) >= 11 is 7.49. The zero-order chi connectivity index (χ0) is 16.4. The van der Waals surface area contributed by atoms with Gasteiger partial charge >= 0.3 is 0 Å². The Labute approximate surface area is 169 Å². The van der Waals surface area contributed by atoms with E-state index in [1.165, 1.54) is 11.3 Å². The minimum atomic E-state index is 0.